The SMILES string of the molecule is CCOc1cccc2c1OC1(C)C(C(=O)Nc3ccc(OC)cc3)C2NC(=S)N1CCCOC. The number of fused-ring (bicyclic) bond motifs is 4. The number of hydrogen-bond donors (Lipinski definition) is 2. The Morgan fingerprint density at radius 3 is 2.68 bits per heavy atom. The maximum absolute atomic E-state index is 13.8. The van der Waals surface area contributed by atoms with Crippen LogP contribution in [0, 0.1) is 5.92 Å². The first kappa shape index (κ1) is 24.1. The van der Waals surface area contributed by atoms with Crippen molar-refractivity contribution in [3.8, 4) is 17.2 Å². The highest BCUT2D eigenvalue weighted by Gasteiger charge is 2.59. The van der Waals surface area contributed by atoms with Crippen molar-refractivity contribution in [2.45, 2.75) is 32.0 Å². The molecule has 0 spiro atoms. The standard InChI is InChI=1S/C25H31N3O5S/c1-5-32-19-9-6-8-18-21-20(23(29)26-16-10-12-17(31-4)13-11-16)25(2,33-22(18)19)28(24(34)27-21)14-7-15-30-3/h6,8-13,20-21H,5,7,14-15H2,1-4H3,(H,26,29)(H,27,34). The maximum Gasteiger partial charge on any atom is 0.236 e. The summed E-state index contributed by atoms with van der Waals surface area (Å²) >= 11 is 5.73. The van der Waals surface area contributed by atoms with Crippen molar-refractivity contribution in [1.82, 2.24) is 10.2 Å². The monoisotopic (exact) mass is 485 g/mol. The Kier molecular flexibility index (Phi) is 7.13. The molecular formula is C25H31N3O5S. The van der Waals surface area contributed by atoms with E-state index in [9.17, 15) is 4.79 Å². The van der Waals surface area contributed by atoms with E-state index in [1.165, 1.54) is 0 Å². The minimum absolute atomic E-state index is 0.170. The topological polar surface area (TPSA) is 81.3 Å². The molecule has 4 rings (SSSR count). The molecule has 2 heterocycles. The van der Waals surface area contributed by atoms with Crippen LogP contribution in [0.4, 0.5) is 5.69 Å². The van der Waals surface area contributed by atoms with Gasteiger partial charge in [0.15, 0.2) is 22.3 Å². The summed E-state index contributed by atoms with van der Waals surface area (Å²) in [6.07, 6.45) is 0.731. The number of benzene rings is 2. The predicted octanol–water partition coefficient (Wildman–Crippen LogP) is 3.73. The highest BCUT2D eigenvalue weighted by molar-refractivity contribution is 7.80. The van der Waals surface area contributed by atoms with Crippen molar-refractivity contribution in [2.75, 3.05) is 39.3 Å². The fourth-order valence-corrected chi connectivity index (χ4v) is 5.09. The summed E-state index contributed by atoms with van der Waals surface area (Å²) in [5, 5.41) is 7.01. The number of methoxy groups -OCH3 is 2. The van der Waals surface area contributed by atoms with E-state index in [4.69, 9.17) is 31.2 Å². The number of thiocarbonyl (C=S) groups is 1. The molecule has 1 amide bonds. The fraction of sp³-hybridized carbons (Fsp3) is 0.440. The molecular weight excluding hydrogens is 454 g/mol. The number of anilines is 1. The van der Waals surface area contributed by atoms with Gasteiger partial charge in [0.05, 0.1) is 19.8 Å². The summed E-state index contributed by atoms with van der Waals surface area (Å²) < 4.78 is 23.0. The van der Waals surface area contributed by atoms with Gasteiger partial charge in [-0.25, -0.2) is 0 Å². The third kappa shape index (κ3) is 4.37. The Hall–Kier alpha value is -3.04. The van der Waals surface area contributed by atoms with E-state index < -0.39 is 11.6 Å². The molecule has 0 aromatic heterocycles. The summed E-state index contributed by atoms with van der Waals surface area (Å²) in [6.45, 7) is 5.50. The van der Waals surface area contributed by atoms with Gasteiger partial charge in [-0.15, -0.1) is 0 Å². The molecule has 8 nitrogen and oxygen atoms in total. The molecule has 3 atom stereocenters. The van der Waals surface area contributed by atoms with Crippen molar-refractivity contribution in [2.24, 2.45) is 5.92 Å². The normalized spacial score (nSPS) is 22.8. The zero-order valence-electron chi connectivity index (χ0n) is 19.9. The van der Waals surface area contributed by atoms with Crippen molar-refractivity contribution in [1.29, 1.82) is 0 Å². The lowest BCUT2D eigenvalue weighted by Crippen LogP contribution is -2.71. The van der Waals surface area contributed by atoms with Gasteiger partial charge in [0.1, 0.15) is 11.7 Å². The van der Waals surface area contributed by atoms with Gasteiger partial charge in [0.2, 0.25) is 5.91 Å². The van der Waals surface area contributed by atoms with Gasteiger partial charge in [-0.05, 0) is 62.8 Å². The van der Waals surface area contributed by atoms with E-state index in [1.54, 1.807) is 14.2 Å². The van der Waals surface area contributed by atoms with Gasteiger partial charge in [0.25, 0.3) is 0 Å². The number of carbonyl (C=O) groups excluding carboxylic acids is 1. The molecule has 1 saturated heterocycles. The Balaban J connectivity index is 1.73. The molecule has 2 aromatic rings. The largest absolute Gasteiger partial charge is 0.497 e. The molecule has 0 aliphatic carbocycles. The smallest absolute Gasteiger partial charge is 0.236 e. The zero-order valence-corrected chi connectivity index (χ0v) is 20.7. The van der Waals surface area contributed by atoms with Crippen molar-refractivity contribution in [3.05, 3.63) is 48.0 Å². The molecule has 2 bridgehead atoms. The summed E-state index contributed by atoms with van der Waals surface area (Å²) in [7, 11) is 3.27. The Morgan fingerprint density at radius 2 is 2.00 bits per heavy atom. The number of rotatable bonds is 9. The third-order valence-corrected chi connectivity index (χ3v) is 6.63. The number of hydrogen-bond acceptors (Lipinski definition) is 6. The van der Waals surface area contributed by atoms with Gasteiger partial charge in [-0.2, -0.15) is 0 Å². The molecule has 3 unspecified atom stereocenters. The summed E-state index contributed by atoms with van der Waals surface area (Å²) in [5.74, 6) is 1.25. The molecule has 2 aromatic carbocycles. The van der Waals surface area contributed by atoms with Crippen LogP contribution in [0.1, 0.15) is 31.9 Å². The zero-order chi connectivity index (χ0) is 24.3. The van der Waals surface area contributed by atoms with Crippen molar-refractivity contribution < 1.29 is 23.7 Å². The molecule has 0 radical (unpaired) electrons. The highest BCUT2D eigenvalue weighted by Crippen LogP contribution is 2.51. The Morgan fingerprint density at radius 1 is 1.24 bits per heavy atom. The number of nitrogens with one attached hydrogen (secondary N) is 2. The van der Waals surface area contributed by atoms with Gasteiger partial charge >= 0.3 is 0 Å². The Bertz CT molecular complexity index is 1050. The molecule has 2 N–H and O–H groups in total. The summed E-state index contributed by atoms with van der Waals surface area (Å²) in [5.41, 5.74) is 0.490. The minimum atomic E-state index is -1.03. The number of para-hydroxylation sites is 1. The lowest BCUT2D eigenvalue weighted by Gasteiger charge is -2.56. The van der Waals surface area contributed by atoms with E-state index in [0.29, 0.717) is 42.1 Å². The highest BCUT2D eigenvalue weighted by atomic mass is 32.1. The third-order valence-electron chi connectivity index (χ3n) is 6.29. The maximum atomic E-state index is 13.8. The number of nitrogens with zero attached hydrogens (tertiary/aromatic N) is 1. The van der Waals surface area contributed by atoms with Crippen LogP contribution < -0.4 is 24.8 Å². The van der Waals surface area contributed by atoms with Crippen LogP contribution in [0.5, 0.6) is 17.2 Å². The summed E-state index contributed by atoms with van der Waals surface area (Å²) in [6, 6.07) is 12.6. The molecule has 0 saturated carbocycles. The van der Waals surface area contributed by atoms with E-state index in [0.717, 1.165) is 17.7 Å². The van der Waals surface area contributed by atoms with Crippen LogP contribution in [0.25, 0.3) is 0 Å². The van der Waals surface area contributed by atoms with Crippen LogP contribution in [0.2, 0.25) is 0 Å². The fourth-order valence-electron chi connectivity index (χ4n) is 4.69. The van der Waals surface area contributed by atoms with Crippen LogP contribution in [0.3, 0.4) is 0 Å². The van der Waals surface area contributed by atoms with Crippen molar-refractivity contribution >= 4 is 28.9 Å². The van der Waals surface area contributed by atoms with Crippen LogP contribution in [-0.2, 0) is 9.53 Å². The second-order valence-corrected chi connectivity index (χ2v) is 8.77. The van der Waals surface area contributed by atoms with Gasteiger partial charge < -0.3 is 34.5 Å². The van der Waals surface area contributed by atoms with E-state index >= 15 is 0 Å². The number of amides is 1. The first-order chi connectivity index (χ1) is 16.4. The van der Waals surface area contributed by atoms with Crippen LogP contribution >= 0.6 is 12.2 Å². The minimum Gasteiger partial charge on any atom is -0.497 e. The molecule has 2 aliphatic rings. The van der Waals surface area contributed by atoms with Gasteiger partial charge in [-0.1, -0.05) is 12.1 Å². The second kappa shape index (κ2) is 10.1. The first-order valence-corrected chi connectivity index (χ1v) is 11.8. The quantitative estimate of drug-likeness (QED) is 0.411. The molecule has 9 heteroatoms. The van der Waals surface area contributed by atoms with Crippen LogP contribution in [0.15, 0.2) is 42.5 Å². The lowest BCUT2D eigenvalue weighted by molar-refractivity contribution is -0.150. The van der Waals surface area contributed by atoms with Gasteiger partial charge in [-0.3, -0.25) is 4.79 Å². The van der Waals surface area contributed by atoms with E-state index in [2.05, 4.69) is 10.6 Å². The van der Waals surface area contributed by atoms with Crippen molar-refractivity contribution in [3.63, 3.8) is 0 Å². The second-order valence-electron chi connectivity index (χ2n) is 8.38. The lowest BCUT2D eigenvalue weighted by atomic mass is 9.78. The van der Waals surface area contributed by atoms with Gasteiger partial charge in [0, 0.05) is 31.5 Å². The predicted molar refractivity (Wildman–Crippen MR) is 133 cm³/mol. The summed E-state index contributed by atoms with van der Waals surface area (Å²) in [4.78, 5) is 15.7. The number of carbonyl (C=O) groups is 1. The first-order valence-electron chi connectivity index (χ1n) is 11.4. The van der Waals surface area contributed by atoms with E-state index in [-0.39, 0.29) is 11.9 Å². The number of ether oxygens (including phenoxy) is 4. The average molecular weight is 486 g/mol. The van der Waals surface area contributed by atoms with E-state index in [1.807, 2.05) is 61.2 Å². The Labute approximate surface area is 205 Å². The molecule has 182 valence electrons. The molecule has 34 heavy (non-hydrogen) atoms. The van der Waals surface area contributed by atoms with Crippen LogP contribution in [-0.4, -0.2) is 55.6 Å². The molecule has 1 fully saturated rings. The molecule has 2 aliphatic heterocycles. The average Bonchev–Trinajstić information content (AvgIpc) is 2.82.